The zero-order chi connectivity index (χ0) is 56.9. The van der Waals surface area contributed by atoms with Crippen LogP contribution in [-0.2, 0) is 0 Å². The summed E-state index contributed by atoms with van der Waals surface area (Å²) in [6, 6.07) is 7.85. The lowest BCUT2D eigenvalue weighted by Gasteiger charge is -2.13. The summed E-state index contributed by atoms with van der Waals surface area (Å²) < 4.78 is 287. The van der Waals surface area contributed by atoms with Crippen molar-refractivity contribution in [3.8, 4) is 44.5 Å². The number of hydrogen-bond acceptors (Lipinski definition) is 6. The Kier molecular flexibility index (Phi) is 13.4. The van der Waals surface area contributed by atoms with Gasteiger partial charge >= 0.3 is 0 Å². The smallest absolute Gasteiger partial charge is 0.200 e. The molecule has 8 bridgehead atoms. The van der Waals surface area contributed by atoms with E-state index in [9.17, 15) is 8.78 Å². The number of rotatable bonds is 8. The SMILES string of the molecule is Fc1c(F)c(F)c(-c2c3nc(c(-c4c(F)c(F)c(Sc5ccncc5)c(F)c4F)c4ccc([nH]4)c(-c4c(F)c(F)c(F)c(F)c4F)c4nc(c(-c5c(F)c(F)c(Sc6ccncc6)c(F)c5F)c5ccc2[nH]5)C=C4)C=C3)c(F)c1F. The van der Waals surface area contributed by atoms with Gasteiger partial charge in [0, 0.05) is 78.9 Å². The van der Waals surface area contributed by atoms with Gasteiger partial charge in [0.15, 0.2) is 93.1 Å². The molecule has 0 saturated heterocycles. The summed E-state index contributed by atoms with van der Waals surface area (Å²) in [5, 5.41) is 0. The van der Waals surface area contributed by atoms with Crippen molar-refractivity contribution in [3.63, 3.8) is 0 Å². The predicted molar refractivity (Wildman–Crippen MR) is 257 cm³/mol. The third-order valence-electron chi connectivity index (χ3n) is 12.4. The van der Waals surface area contributed by atoms with E-state index in [4.69, 9.17) is 0 Å². The Labute approximate surface area is 442 Å². The molecule has 2 aliphatic rings. The molecule has 2 N–H and O–H groups in total. The molecule has 0 amide bonds. The molecule has 11 rings (SSSR count). The van der Waals surface area contributed by atoms with Gasteiger partial charge in [0.25, 0.3) is 0 Å². The average Bonchev–Trinajstić information content (AvgIpc) is 4.42. The third-order valence-corrected chi connectivity index (χ3v) is 14.5. The van der Waals surface area contributed by atoms with Crippen molar-refractivity contribution in [1.82, 2.24) is 29.9 Å². The Morgan fingerprint density at radius 3 is 0.700 bits per heavy atom. The topological polar surface area (TPSA) is 83.1 Å². The number of nitrogens with zero attached hydrogens (tertiary/aromatic N) is 4. The first-order chi connectivity index (χ1) is 38.2. The van der Waals surface area contributed by atoms with Crippen LogP contribution >= 0.6 is 23.5 Å². The largest absolute Gasteiger partial charge is 0.354 e. The summed E-state index contributed by atoms with van der Waals surface area (Å²) >= 11 is 0.376. The molecule has 0 fully saturated rings. The van der Waals surface area contributed by atoms with E-state index >= 15 is 70.2 Å². The minimum absolute atomic E-state index is 0.00972. The van der Waals surface area contributed by atoms with Gasteiger partial charge in [-0.2, -0.15) is 0 Å². The summed E-state index contributed by atoms with van der Waals surface area (Å²) in [7, 11) is 0. The average molecular weight is 1160 g/mol. The number of nitrogens with one attached hydrogen (secondary N) is 2. The zero-order valence-corrected chi connectivity index (χ0v) is 40.3. The lowest BCUT2D eigenvalue weighted by molar-refractivity contribution is 0.381. The van der Waals surface area contributed by atoms with Gasteiger partial charge in [-0.15, -0.1) is 0 Å². The van der Waals surface area contributed by atoms with Gasteiger partial charge in [-0.05, 0) is 72.8 Å². The van der Waals surface area contributed by atoms with Crippen LogP contribution in [0.5, 0.6) is 0 Å². The van der Waals surface area contributed by atoms with Crippen molar-refractivity contribution < 1.29 is 79.0 Å². The molecule has 0 atom stereocenters. The fourth-order valence-electron chi connectivity index (χ4n) is 8.80. The highest BCUT2D eigenvalue weighted by Gasteiger charge is 2.35. The van der Waals surface area contributed by atoms with Gasteiger partial charge in [-0.3, -0.25) is 9.97 Å². The van der Waals surface area contributed by atoms with Gasteiger partial charge in [0.2, 0.25) is 11.6 Å². The van der Waals surface area contributed by atoms with E-state index in [0.717, 1.165) is 36.4 Å². The van der Waals surface area contributed by atoms with E-state index in [1.807, 2.05) is 0 Å². The minimum Gasteiger partial charge on any atom is -0.354 e. The molecule has 80 heavy (non-hydrogen) atoms. The maximum Gasteiger partial charge on any atom is 0.200 e. The van der Waals surface area contributed by atoms with Crippen LogP contribution in [0.2, 0.25) is 0 Å². The Morgan fingerprint density at radius 1 is 0.250 bits per heavy atom. The molecule has 4 aromatic carbocycles. The molecular weight excluding hydrogens is 1140 g/mol. The molecule has 6 nitrogen and oxygen atoms in total. The number of aromatic nitrogens is 6. The molecule has 5 aromatic heterocycles. The van der Waals surface area contributed by atoms with Gasteiger partial charge in [0.05, 0.1) is 54.8 Å². The quantitative estimate of drug-likeness (QED) is 0.0896. The highest BCUT2D eigenvalue weighted by atomic mass is 32.2. The first kappa shape index (κ1) is 53.2. The predicted octanol–water partition coefficient (Wildman–Crippen LogP) is 16.9. The second kappa shape index (κ2) is 20.1. The van der Waals surface area contributed by atoms with E-state index in [-0.39, 0.29) is 33.3 Å². The fraction of sp³-hybridized carbons (Fsp3) is 0. The Morgan fingerprint density at radius 2 is 0.463 bits per heavy atom. The summed E-state index contributed by atoms with van der Waals surface area (Å²) in [4.78, 5) is 18.1. The van der Waals surface area contributed by atoms with E-state index in [2.05, 4.69) is 29.9 Å². The third kappa shape index (κ3) is 8.45. The second-order valence-electron chi connectivity index (χ2n) is 16.9. The van der Waals surface area contributed by atoms with Gasteiger partial charge in [-0.1, -0.05) is 23.5 Å². The fourth-order valence-corrected chi connectivity index (χ4v) is 10.5. The summed E-state index contributed by atoms with van der Waals surface area (Å²) in [5.74, 6) is -42.8. The van der Waals surface area contributed by atoms with E-state index < -0.39 is 204 Å². The van der Waals surface area contributed by atoms with E-state index in [1.165, 1.54) is 49.1 Å². The summed E-state index contributed by atoms with van der Waals surface area (Å²) in [6.45, 7) is 0. The first-order valence-electron chi connectivity index (χ1n) is 22.3. The molecule has 0 unspecified atom stereocenters. The standard InChI is InChI=1S/C54H18F18N6S2/c55-35-31(36(56)44(64)47(67)43(35)63)27-19-1-5-23(75-19)29(33-39(59)49(69)53(50(70)40(33)60)79-17-9-13-73-14-10-17)24-7-3-21(77-24)28(32-37(57)45(65)48(68)46(66)38(32)58)22-4-8-26(78-22)30(25-6-2-20(27)76-25)34-41(61)51(71)54(52(72)42(34)62)80-18-11-15-74-16-12-18/h1-16,75,78H. The monoisotopic (exact) mass is 1160 g/mol. The van der Waals surface area contributed by atoms with Crippen molar-refractivity contribution in [3.05, 3.63) is 201 Å². The van der Waals surface area contributed by atoms with E-state index in [0.29, 0.717) is 12.2 Å². The molecule has 0 radical (unpaired) electrons. The lowest BCUT2D eigenvalue weighted by Crippen LogP contribution is -2.06. The molecule has 0 saturated carbocycles. The molecule has 2 aliphatic heterocycles. The second-order valence-corrected chi connectivity index (χ2v) is 19.1. The summed E-state index contributed by atoms with van der Waals surface area (Å²) in [5.41, 5.74) is -18.5. The van der Waals surface area contributed by atoms with Crippen molar-refractivity contribution in [2.75, 3.05) is 0 Å². The zero-order valence-electron chi connectivity index (χ0n) is 38.6. The van der Waals surface area contributed by atoms with Crippen LogP contribution in [0.3, 0.4) is 0 Å². The molecule has 7 heterocycles. The van der Waals surface area contributed by atoms with Crippen molar-refractivity contribution in [2.45, 2.75) is 19.6 Å². The Hall–Kier alpha value is -8.78. The van der Waals surface area contributed by atoms with Gasteiger partial charge in [0.1, 0.15) is 0 Å². The van der Waals surface area contributed by atoms with Crippen LogP contribution in [0.1, 0.15) is 22.8 Å². The van der Waals surface area contributed by atoms with Crippen LogP contribution in [0.4, 0.5) is 79.0 Å². The summed E-state index contributed by atoms with van der Waals surface area (Å²) in [6.07, 6.45) is 7.58. The molecule has 402 valence electrons. The van der Waals surface area contributed by atoms with Crippen molar-refractivity contribution >= 4 is 69.9 Å². The number of halogens is 18. The normalized spacial score (nSPS) is 12.1. The van der Waals surface area contributed by atoms with E-state index in [1.54, 1.807) is 0 Å². The maximum absolute atomic E-state index is 16.8. The van der Waals surface area contributed by atoms with Crippen molar-refractivity contribution in [2.24, 2.45) is 0 Å². The number of hydrogen-bond donors (Lipinski definition) is 2. The highest BCUT2D eigenvalue weighted by Crippen LogP contribution is 2.47. The molecule has 26 heteroatoms. The minimum atomic E-state index is -2.67. The van der Waals surface area contributed by atoms with Crippen LogP contribution in [0, 0.1) is 105 Å². The molecule has 9 aromatic rings. The number of H-pyrrole nitrogens is 2. The van der Waals surface area contributed by atoms with Gasteiger partial charge in [-0.25, -0.2) is 89.0 Å². The first-order valence-corrected chi connectivity index (χ1v) is 23.9. The molecule has 0 spiro atoms. The number of fused-ring (bicyclic) bond motifs is 8. The van der Waals surface area contributed by atoms with Crippen LogP contribution in [0.25, 0.3) is 90.9 Å². The highest BCUT2D eigenvalue weighted by molar-refractivity contribution is 7.99. The molecular formula is C54H18F18N6S2. The number of pyridine rings is 2. The lowest BCUT2D eigenvalue weighted by atomic mass is 10.0. The van der Waals surface area contributed by atoms with Crippen LogP contribution in [-0.4, -0.2) is 29.9 Å². The Balaban J connectivity index is 1.34. The van der Waals surface area contributed by atoms with Crippen LogP contribution in [0.15, 0.2) is 92.9 Å². The number of aromatic amines is 2. The Bertz CT molecular complexity index is 4020. The van der Waals surface area contributed by atoms with Crippen molar-refractivity contribution in [1.29, 1.82) is 0 Å². The maximum atomic E-state index is 16.8. The van der Waals surface area contributed by atoms with Gasteiger partial charge < -0.3 is 9.97 Å². The number of benzene rings is 4. The molecule has 0 aliphatic carbocycles. The van der Waals surface area contributed by atoms with Crippen LogP contribution < -0.4 is 0 Å².